The number of rotatable bonds is 5. The predicted molar refractivity (Wildman–Crippen MR) is 71.4 cm³/mol. The first-order chi connectivity index (χ1) is 9.30. The van der Waals surface area contributed by atoms with Crippen molar-refractivity contribution in [2.24, 2.45) is 5.73 Å². The Hall–Kier alpha value is -1.37. The van der Waals surface area contributed by atoms with Crippen LogP contribution in [0.15, 0.2) is 12.3 Å². The molecule has 1 saturated heterocycles. The molecule has 2 heterocycles. The second-order valence-corrected chi connectivity index (χ2v) is 4.43. The number of methoxy groups -OCH3 is 2. The van der Waals surface area contributed by atoms with Crippen molar-refractivity contribution in [2.45, 2.75) is 12.6 Å². The van der Waals surface area contributed by atoms with Crippen LogP contribution in [0.25, 0.3) is 0 Å². The molecule has 2 rings (SSSR count). The molecule has 1 aromatic heterocycles. The number of morpholine rings is 1. The van der Waals surface area contributed by atoms with E-state index in [1.165, 1.54) is 0 Å². The Bertz CT molecular complexity index is 414. The van der Waals surface area contributed by atoms with Crippen LogP contribution in [0, 0.1) is 0 Å². The molecule has 106 valence electrons. The van der Waals surface area contributed by atoms with Crippen LogP contribution in [-0.2, 0) is 11.3 Å². The summed E-state index contributed by atoms with van der Waals surface area (Å²) < 4.78 is 16.1. The highest BCUT2D eigenvalue weighted by atomic mass is 16.5. The molecule has 19 heavy (non-hydrogen) atoms. The largest absolute Gasteiger partial charge is 0.493 e. The summed E-state index contributed by atoms with van der Waals surface area (Å²) >= 11 is 0. The van der Waals surface area contributed by atoms with E-state index in [-0.39, 0.29) is 6.04 Å². The van der Waals surface area contributed by atoms with Gasteiger partial charge in [0.2, 0.25) is 0 Å². The summed E-state index contributed by atoms with van der Waals surface area (Å²) in [7, 11) is 3.25. The summed E-state index contributed by atoms with van der Waals surface area (Å²) in [5, 5.41) is 0. The lowest BCUT2D eigenvalue weighted by Crippen LogP contribution is -2.48. The first kappa shape index (κ1) is 14.0. The molecule has 6 heteroatoms. The Labute approximate surface area is 113 Å². The highest BCUT2D eigenvalue weighted by Crippen LogP contribution is 2.30. The van der Waals surface area contributed by atoms with Crippen LogP contribution in [0.5, 0.6) is 11.5 Å². The third kappa shape index (κ3) is 3.15. The van der Waals surface area contributed by atoms with Crippen molar-refractivity contribution in [3.05, 3.63) is 18.0 Å². The Morgan fingerprint density at radius 2 is 2.32 bits per heavy atom. The van der Waals surface area contributed by atoms with E-state index in [0.29, 0.717) is 31.2 Å². The van der Waals surface area contributed by atoms with Gasteiger partial charge in [0, 0.05) is 37.9 Å². The van der Waals surface area contributed by atoms with E-state index in [1.807, 2.05) is 0 Å². The van der Waals surface area contributed by atoms with Crippen molar-refractivity contribution in [1.29, 1.82) is 0 Å². The molecular formula is C13H21N3O3. The lowest BCUT2D eigenvalue weighted by atomic mass is 10.2. The quantitative estimate of drug-likeness (QED) is 0.825. The Balaban J connectivity index is 2.17. The summed E-state index contributed by atoms with van der Waals surface area (Å²) in [6.45, 7) is 3.51. The molecule has 0 saturated carbocycles. The number of aromatic nitrogens is 1. The van der Waals surface area contributed by atoms with Crippen molar-refractivity contribution in [2.75, 3.05) is 40.5 Å². The topological polar surface area (TPSA) is 69.8 Å². The molecule has 0 radical (unpaired) electrons. The van der Waals surface area contributed by atoms with Crippen molar-refractivity contribution in [3.8, 4) is 11.5 Å². The molecule has 0 bridgehead atoms. The van der Waals surface area contributed by atoms with Gasteiger partial charge in [-0.05, 0) is 0 Å². The lowest BCUT2D eigenvalue weighted by Gasteiger charge is -2.34. The average Bonchev–Trinajstić information content (AvgIpc) is 2.47. The molecule has 2 N–H and O–H groups in total. The van der Waals surface area contributed by atoms with E-state index in [2.05, 4.69) is 9.88 Å². The van der Waals surface area contributed by atoms with Crippen molar-refractivity contribution >= 4 is 0 Å². The maximum absolute atomic E-state index is 5.78. The van der Waals surface area contributed by atoms with Crippen LogP contribution in [0.3, 0.4) is 0 Å². The Kier molecular flexibility index (Phi) is 4.95. The minimum absolute atomic E-state index is 0.228. The molecule has 1 aromatic rings. The number of ether oxygens (including phenoxy) is 3. The average molecular weight is 267 g/mol. The van der Waals surface area contributed by atoms with Crippen LogP contribution in [0.2, 0.25) is 0 Å². The zero-order chi connectivity index (χ0) is 13.7. The molecular weight excluding hydrogens is 246 g/mol. The fraction of sp³-hybridized carbons (Fsp3) is 0.615. The van der Waals surface area contributed by atoms with E-state index < -0.39 is 0 Å². The molecule has 0 spiro atoms. The molecule has 1 aliphatic heterocycles. The maximum atomic E-state index is 5.78. The zero-order valence-electron chi connectivity index (χ0n) is 11.5. The number of nitrogens with zero attached hydrogens (tertiary/aromatic N) is 2. The van der Waals surface area contributed by atoms with Crippen LogP contribution >= 0.6 is 0 Å². The van der Waals surface area contributed by atoms with Gasteiger partial charge in [-0.1, -0.05) is 0 Å². The van der Waals surface area contributed by atoms with Gasteiger partial charge in [-0.25, -0.2) is 0 Å². The molecule has 0 aliphatic carbocycles. The molecule has 0 aromatic carbocycles. The highest BCUT2D eigenvalue weighted by molar-refractivity contribution is 5.42. The number of pyridine rings is 1. The monoisotopic (exact) mass is 267 g/mol. The van der Waals surface area contributed by atoms with Crippen LogP contribution in [-0.4, -0.2) is 56.4 Å². The minimum atomic E-state index is 0.228. The molecule has 1 aliphatic rings. The summed E-state index contributed by atoms with van der Waals surface area (Å²) in [4.78, 5) is 6.66. The van der Waals surface area contributed by atoms with E-state index in [0.717, 1.165) is 18.8 Å². The van der Waals surface area contributed by atoms with Gasteiger partial charge in [-0.15, -0.1) is 0 Å². The van der Waals surface area contributed by atoms with Gasteiger partial charge >= 0.3 is 0 Å². The normalized spacial score (nSPS) is 20.3. The molecule has 0 amide bonds. The summed E-state index contributed by atoms with van der Waals surface area (Å²) in [5.41, 5.74) is 6.64. The van der Waals surface area contributed by atoms with E-state index in [1.54, 1.807) is 26.5 Å². The first-order valence-corrected chi connectivity index (χ1v) is 6.37. The van der Waals surface area contributed by atoms with Gasteiger partial charge in [0.05, 0.1) is 27.4 Å². The molecule has 1 atom stereocenters. The Morgan fingerprint density at radius 1 is 1.47 bits per heavy atom. The smallest absolute Gasteiger partial charge is 0.183 e. The third-order valence-corrected chi connectivity index (χ3v) is 3.34. The van der Waals surface area contributed by atoms with E-state index in [9.17, 15) is 0 Å². The maximum Gasteiger partial charge on any atom is 0.183 e. The second kappa shape index (κ2) is 6.70. The van der Waals surface area contributed by atoms with Gasteiger partial charge in [0.1, 0.15) is 5.69 Å². The van der Waals surface area contributed by atoms with E-state index >= 15 is 0 Å². The number of nitrogens with two attached hydrogens (primary N) is 1. The van der Waals surface area contributed by atoms with Crippen LogP contribution in [0.4, 0.5) is 0 Å². The summed E-state index contributed by atoms with van der Waals surface area (Å²) in [6, 6.07) is 2.02. The van der Waals surface area contributed by atoms with E-state index in [4.69, 9.17) is 19.9 Å². The van der Waals surface area contributed by atoms with Gasteiger partial charge < -0.3 is 19.9 Å². The number of hydrogen-bond donors (Lipinski definition) is 1. The van der Waals surface area contributed by atoms with Gasteiger partial charge in [-0.2, -0.15) is 0 Å². The van der Waals surface area contributed by atoms with Crippen molar-refractivity contribution < 1.29 is 14.2 Å². The summed E-state index contributed by atoms with van der Waals surface area (Å²) in [5.74, 6) is 1.39. The standard InChI is InChI=1S/C13H21N3O3/c1-17-12-3-4-15-11(13(12)18-2)8-16-5-6-19-9-10(16)7-14/h3-4,10H,5-9,14H2,1-2H3. The SMILES string of the molecule is COc1ccnc(CN2CCOCC2CN)c1OC. The lowest BCUT2D eigenvalue weighted by molar-refractivity contribution is -0.00879. The van der Waals surface area contributed by atoms with Crippen molar-refractivity contribution in [1.82, 2.24) is 9.88 Å². The van der Waals surface area contributed by atoms with Crippen LogP contribution < -0.4 is 15.2 Å². The third-order valence-electron chi connectivity index (χ3n) is 3.34. The molecule has 6 nitrogen and oxygen atoms in total. The fourth-order valence-corrected chi connectivity index (χ4v) is 2.27. The number of hydrogen-bond acceptors (Lipinski definition) is 6. The Morgan fingerprint density at radius 3 is 3.00 bits per heavy atom. The fourth-order valence-electron chi connectivity index (χ4n) is 2.27. The predicted octanol–water partition coefficient (Wildman–Crippen LogP) is 0.258. The van der Waals surface area contributed by atoms with Gasteiger partial charge in [-0.3, -0.25) is 9.88 Å². The van der Waals surface area contributed by atoms with Gasteiger partial charge in [0.25, 0.3) is 0 Å². The molecule has 1 fully saturated rings. The second-order valence-electron chi connectivity index (χ2n) is 4.43. The van der Waals surface area contributed by atoms with Gasteiger partial charge in [0.15, 0.2) is 11.5 Å². The summed E-state index contributed by atoms with van der Waals surface area (Å²) in [6.07, 6.45) is 1.73. The first-order valence-electron chi connectivity index (χ1n) is 6.37. The highest BCUT2D eigenvalue weighted by Gasteiger charge is 2.24. The van der Waals surface area contributed by atoms with Crippen molar-refractivity contribution in [3.63, 3.8) is 0 Å². The minimum Gasteiger partial charge on any atom is -0.493 e. The molecule has 1 unspecified atom stereocenters. The zero-order valence-corrected chi connectivity index (χ0v) is 11.5. The van der Waals surface area contributed by atoms with Crippen LogP contribution in [0.1, 0.15) is 5.69 Å².